The van der Waals surface area contributed by atoms with E-state index in [1.54, 1.807) is 29.0 Å². The van der Waals surface area contributed by atoms with Crippen molar-refractivity contribution in [1.29, 1.82) is 0 Å². The second kappa shape index (κ2) is 17.5. The van der Waals surface area contributed by atoms with Gasteiger partial charge in [0, 0.05) is 14.1 Å². The van der Waals surface area contributed by atoms with E-state index in [9.17, 15) is 0 Å². The summed E-state index contributed by atoms with van der Waals surface area (Å²) in [5, 5.41) is 8.91. The molecule has 0 saturated heterocycles. The average Bonchev–Trinajstić information content (AvgIpc) is 3.05. The molecule has 0 heterocycles. The quantitative estimate of drug-likeness (QED) is 0.0541. The van der Waals surface area contributed by atoms with Gasteiger partial charge < -0.3 is 18.5 Å². The molecule has 0 aliphatic carbocycles. The maximum Gasteiger partial charge on any atom is 0.230 e. The van der Waals surface area contributed by atoms with Gasteiger partial charge in [0.05, 0.1) is 12.4 Å². The Bertz CT molecular complexity index is 1650. The fraction of sp³-hybridized carbons (Fsp3) is 0.152. The number of hydrogen-bond acceptors (Lipinski definition) is 8. The number of aryl methyl sites for hydroxylation is 1. The molecule has 0 N–H and O–H groups in total. The Morgan fingerprint density at radius 3 is 1.40 bits per heavy atom. The SMILES string of the molecule is C/C=C/c1ccc(OCOc2ccc(/C=N/N(C)[PH](=S)Oc3ccc(/C=N/N(C)[PH](=S)Oc4ccc(C)cc4)cc3)cc2)cc1. The molecular formula is C33H36N4O4P2S2. The summed E-state index contributed by atoms with van der Waals surface area (Å²) >= 11 is 11.1. The first-order valence-corrected chi connectivity index (χ1v) is 19.0. The number of allylic oxidation sites excluding steroid dienone is 1. The zero-order chi connectivity index (χ0) is 32.0. The first kappa shape index (κ1) is 33.9. The summed E-state index contributed by atoms with van der Waals surface area (Å²) in [7, 11) is 0.0803. The summed E-state index contributed by atoms with van der Waals surface area (Å²) in [6.07, 6.45) is 7.51. The highest BCUT2D eigenvalue weighted by Gasteiger charge is 2.05. The molecular weight excluding hydrogens is 642 g/mol. The van der Waals surface area contributed by atoms with Gasteiger partial charge in [0.15, 0.2) is 0 Å². The molecule has 4 aromatic carbocycles. The number of rotatable bonds is 15. The van der Waals surface area contributed by atoms with Crippen LogP contribution >= 0.6 is 14.1 Å². The highest BCUT2D eigenvalue weighted by atomic mass is 32.4. The molecule has 0 aromatic heterocycles. The van der Waals surface area contributed by atoms with E-state index in [1.807, 2.05) is 130 Å². The molecule has 0 bridgehead atoms. The molecule has 0 aliphatic rings. The number of ether oxygens (including phenoxy) is 2. The van der Waals surface area contributed by atoms with Gasteiger partial charge in [-0.3, -0.25) is 0 Å². The first-order valence-electron chi connectivity index (χ1n) is 14.0. The van der Waals surface area contributed by atoms with Gasteiger partial charge in [0.1, 0.15) is 23.0 Å². The maximum absolute atomic E-state index is 5.98. The first-order chi connectivity index (χ1) is 21.8. The fourth-order valence-electron chi connectivity index (χ4n) is 3.65. The fourth-order valence-corrected chi connectivity index (χ4v) is 5.75. The summed E-state index contributed by atoms with van der Waals surface area (Å²) < 4.78 is 26.6. The van der Waals surface area contributed by atoms with E-state index < -0.39 is 14.1 Å². The van der Waals surface area contributed by atoms with Crippen molar-refractivity contribution >= 4 is 56.3 Å². The number of nitrogens with zero attached hydrogens (tertiary/aromatic N) is 4. The standard InChI is InChI=1S/C33H36N4O4P2S2/c1-5-6-27-9-17-30(18-10-27)38-25-39-31-19-11-28(12-20-31)23-34-37(4)43(45)41-33-21-13-29(14-22-33)24-35-36(3)42(44)40-32-15-7-26(2)8-16-32/h5-24,42-43H,25H2,1-4H3/b6-5+,34-23+,35-24+. The lowest BCUT2D eigenvalue weighted by Crippen LogP contribution is -2.05. The van der Waals surface area contributed by atoms with E-state index in [0.29, 0.717) is 11.5 Å². The molecule has 12 heteroatoms. The number of benzene rings is 4. The van der Waals surface area contributed by atoms with Crippen LogP contribution in [0.3, 0.4) is 0 Å². The third kappa shape index (κ3) is 11.5. The van der Waals surface area contributed by atoms with E-state index in [4.69, 9.17) is 42.1 Å². The van der Waals surface area contributed by atoms with Crippen molar-refractivity contribution < 1.29 is 18.5 Å². The van der Waals surface area contributed by atoms with Crippen molar-refractivity contribution in [3.8, 4) is 23.0 Å². The minimum Gasteiger partial charge on any atom is -0.458 e. The molecule has 4 rings (SSSR count). The third-order valence-corrected chi connectivity index (χ3v) is 10.4. The van der Waals surface area contributed by atoms with Crippen LogP contribution in [0, 0.1) is 6.92 Å². The molecule has 234 valence electrons. The van der Waals surface area contributed by atoms with Gasteiger partial charge in [-0.2, -0.15) is 10.2 Å². The van der Waals surface area contributed by atoms with Crippen molar-refractivity contribution in [2.75, 3.05) is 20.9 Å². The summed E-state index contributed by atoms with van der Waals surface area (Å²) in [6, 6.07) is 30.7. The van der Waals surface area contributed by atoms with Gasteiger partial charge in [-0.05, 0) is 127 Å². The Morgan fingerprint density at radius 2 is 0.978 bits per heavy atom. The van der Waals surface area contributed by atoms with E-state index >= 15 is 0 Å². The van der Waals surface area contributed by atoms with Crippen molar-refractivity contribution in [1.82, 2.24) is 9.56 Å². The molecule has 0 aliphatic heterocycles. The van der Waals surface area contributed by atoms with Gasteiger partial charge in [0.2, 0.25) is 20.9 Å². The van der Waals surface area contributed by atoms with Crippen LogP contribution in [0.15, 0.2) is 113 Å². The summed E-state index contributed by atoms with van der Waals surface area (Å²) in [5.74, 6) is 2.86. The number of hydrogen-bond donors (Lipinski definition) is 0. The minimum atomic E-state index is -1.82. The van der Waals surface area contributed by atoms with E-state index in [1.165, 1.54) is 5.56 Å². The van der Waals surface area contributed by atoms with Crippen LogP contribution in [0.25, 0.3) is 6.08 Å². The van der Waals surface area contributed by atoms with Crippen LogP contribution < -0.4 is 18.5 Å². The number of hydrazone groups is 2. The highest BCUT2D eigenvalue weighted by molar-refractivity contribution is 8.02. The monoisotopic (exact) mass is 678 g/mol. The van der Waals surface area contributed by atoms with Crippen LogP contribution in [0.5, 0.6) is 23.0 Å². The average molecular weight is 679 g/mol. The highest BCUT2D eigenvalue weighted by Crippen LogP contribution is 2.32. The lowest BCUT2D eigenvalue weighted by Gasteiger charge is -2.17. The normalized spacial score (nSPS) is 12.7. The Balaban J connectivity index is 1.19. The molecule has 0 amide bonds. The smallest absolute Gasteiger partial charge is 0.230 e. The van der Waals surface area contributed by atoms with Crippen molar-refractivity contribution in [3.05, 3.63) is 125 Å². The zero-order valence-corrected chi connectivity index (χ0v) is 29.1. The summed E-state index contributed by atoms with van der Waals surface area (Å²) in [5.41, 5.74) is 4.09. The summed E-state index contributed by atoms with van der Waals surface area (Å²) in [4.78, 5) is 0. The van der Waals surface area contributed by atoms with Crippen LogP contribution in [0.1, 0.15) is 29.2 Å². The van der Waals surface area contributed by atoms with Gasteiger partial charge in [0.25, 0.3) is 0 Å². The van der Waals surface area contributed by atoms with E-state index in [-0.39, 0.29) is 6.79 Å². The Kier molecular flexibility index (Phi) is 13.2. The van der Waals surface area contributed by atoms with E-state index in [0.717, 1.165) is 28.2 Å². The second-order valence-electron chi connectivity index (χ2n) is 9.70. The predicted molar refractivity (Wildman–Crippen MR) is 195 cm³/mol. The molecule has 0 fully saturated rings. The molecule has 0 saturated carbocycles. The van der Waals surface area contributed by atoms with Crippen molar-refractivity contribution in [3.63, 3.8) is 0 Å². The Hall–Kier alpha value is -3.94. The maximum atomic E-state index is 5.98. The second-order valence-corrected chi connectivity index (χ2v) is 14.6. The molecule has 8 nitrogen and oxygen atoms in total. The Labute approximate surface area is 276 Å². The van der Waals surface area contributed by atoms with Gasteiger partial charge in [-0.1, -0.05) is 42.0 Å². The molecule has 45 heavy (non-hydrogen) atoms. The van der Waals surface area contributed by atoms with Gasteiger partial charge in [-0.15, -0.1) is 0 Å². The topological polar surface area (TPSA) is 68.1 Å². The van der Waals surface area contributed by atoms with E-state index in [2.05, 4.69) is 10.2 Å². The minimum absolute atomic E-state index is 0.114. The van der Waals surface area contributed by atoms with Gasteiger partial charge >= 0.3 is 0 Å². The Morgan fingerprint density at radius 1 is 0.600 bits per heavy atom. The molecule has 2 atom stereocenters. The van der Waals surface area contributed by atoms with Gasteiger partial charge in [-0.25, -0.2) is 9.56 Å². The van der Waals surface area contributed by atoms with Crippen molar-refractivity contribution in [2.24, 2.45) is 10.2 Å². The van der Waals surface area contributed by atoms with Crippen LogP contribution in [-0.2, 0) is 23.6 Å². The summed E-state index contributed by atoms with van der Waals surface area (Å²) in [6.45, 7) is 4.13. The van der Waals surface area contributed by atoms with Crippen LogP contribution in [0.4, 0.5) is 0 Å². The zero-order valence-electron chi connectivity index (χ0n) is 25.5. The predicted octanol–water partition coefficient (Wildman–Crippen LogP) is 8.15. The third-order valence-electron chi connectivity index (χ3n) is 6.17. The largest absolute Gasteiger partial charge is 0.458 e. The lowest BCUT2D eigenvalue weighted by molar-refractivity contribution is 0.120. The van der Waals surface area contributed by atoms with Crippen molar-refractivity contribution in [2.45, 2.75) is 13.8 Å². The van der Waals surface area contributed by atoms with Crippen LogP contribution in [-0.4, -0.2) is 42.9 Å². The molecule has 0 spiro atoms. The molecule has 4 aromatic rings. The van der Waals surface area contributed by atoms with Crippen LogP contribution in [0.2, 0.25) is 0 Å². The molecule has 0 radical (unpaired) electrons. The molecule has 2 unspecified atom stereocenters. The lowest BCUT2D eigenvalue weighted by atomic mass is 10.2.